The van der Waals surface area contributed by atoms with Crippen LogP contribution in [0.3, 0.4) is 0 Å². The highest BCUT2D eigenvalue weighted by Gasteiger charge is 2.38. The molecule has 0 unspecified atom stereocenters. The van der Waals surface area contributed by atoms with Crippen LogP contribution in [-0.2, 0) is 64.0 Å². The molecule has 1 aliphatic heterocycles. The van der Waals surface area contributed by atoms with Gasteiger partial charge in [0.15, 0.2) is 0 Å². The van der Waals surface area contributed by atoms with E-state index >= 15 is 0 Å². The maximum Gasteiger partial charge on any atom is 0.325 e. The van der Waals surface area contributed by atoms with Gasteiger partial charge in [0, 0.05) is 31.3 Å². The fraction of sp³-hybridized carbons (Fsp3) is 0.643. The highest BCUT2D eigenvalue weighted by atomic mass is 16.4. The van der Waals surface area contributed by atoms with Gasteiger partial charge < -0.3 is 84.9 Å². The Morgan fingerprint density at radius 1 is 0.789 bits per heavy atom. The number of carboxylic acid groups (broad SMARTS) is 2. The summed E-state index contributed by atoms with van der Waals surface area (Å²) in [7, 11) is 0. The number of H-pyrrole nitrogens is 1. The van der Waals surface area contributed by atoms with Gasteiger partial charge in [-0.25, -0.2) is 4.98 Å². The molecule has 0 spiro atoms. The molecule has 9 atom stereocenters. The number of aliphatic carboxylic acids is 2. The lowest BCUT2D eigenvalue weighted by molar-refractivity contribution is -0.142. The van der Waals surface area contributed by atoms with Crippen molar-refractivity contribution in [3.63, 3.8) is 0 Å². The Bertz CT molecular complexity index is 2040. The lowest BCUT2D eigenvalue weighted by Gasteiger charge is -2.28. The molecule has 71 heavy (non-hydrogen) atoms. The summed E-state index contributed by atoms with van der Waals surface area (Å²) >= 11 is 0. The monoisotopic (exact) mass is 1010 g/mol. The number of carbonyl (C=O) groups excluding carboxylic acids is 10. The van der Waals surface area contributed by atoms with Gasteiger partial charge in [-0.2, -0.15) is 0 Å². The number of aromatic amines is 1. The third-order valence-electron chi connectivity index (χ3n) is 11.3. The summed E-state index contributed by atoms with van der Waals surface area (Å²) in [5.74, 6) is -12.5. The number of likely N-dealkylation sites (tertiary alicyclic amines) is 1. The lowest BCUT2D eigenvalue weighted by atomic mass is 9.97. The van der Waals surface area contributed by atoms with E-state index in [0.29, 0.717) is 44.3 Å². The van der Waals surface area contributed by atoms with Gasteiger partial charge in [0.1, 0.15) is 42.3 Å². The largest absolute Gasteiger partial charge is 0.481 e. The van der Waals surface area contributed by atoms with Crippen molar-refractivity contribution in [2.75, 3.05) is 32.8 Å². The van der Waals surface area contributed by atoms with Crippen molar-refractivity contribution in [2.24, 2.45) is 23.1 Å². The predicted octanol–water partition coefficient (Wildman–Crippen LogP) is -6.58. The number of primary amides is 1. The lowest BCUT2D eigenvalue weighted by Crippen LogP contribution is -2.60. The molecule has 1 fully saturated rings. The average Bonchev–Trinajstić information content (AvgIpc) is 4.04. The van der Waals surface area contributed by atoms with Crippen molar-refractivity contribution < 1.29 is 72.9 Å². The molecule has 0 radical (unpaired) electrons. The molecule has 10 amide bonds. The molecule has 1 aromatic heterocycles. The van der Waals surface area contributed by atoms with E-state index < -0.39 is 164 Å². The third-order valence-corrected chi connectivity index (χ3v) is 11.3. The molecule has 2 heterocycles. The number of imidazole rings is 1. The fourth-order valence-electron chi connectivity index (χ4n) is 7.03. The summed E-state index contributed by atoms with van der Waals surface area (Å²) in [6.45, 7) is 2.50. The first kappa shape index (κ1) is 59.9. The minimum absolute atomic E-state index is 0.214. The number of carboxylic acids is 2. The predicted molar refractivity (Wildman–Crippen MR) is 246 cm³/mol. The number of unbranched alkanes of at least 4 members (excludes halogenated alkanes) is 1. The molecule has 0 aromatic carbocycles. The van der Waals surface area contributed by atoms with Crippen LogP contribution < -0.4 is 59.7 Å². The highest BCUT2D eigenvalue weighted by Crippen LogP contribution is 2.20. The van der Waals surface area contributed by atoms with E-state index in [9.17, 15) is 72.9 Å². The number of hydrogen-bond donors (Lipinski definition) is 15. The topological polar surface area (TPSA) is 472 Å². The molecular weight excluding hydrogens is 941 g/mol. The van der Waals surface area contributed by atoms with E-state index in [1.165, 1.54) is 24.3 Å². The number of hydrogen-bond acceptors (Lipinski definition) is 16. The molecule has 1 saturated heterocycles. The van der Waals surface area contributed by atoms with E-state index in [1.54, 1.807) is 13.8 Å². The minimum Gasteiger partial charge on any atom is -0.481 e. The average molecular weight is 1010 g/mol. The number of nitrogens with one attached hydrogen (secondary N) is 9. The molecule has 1 aliphatic rings. The molecule has 0 aliphatic carbocycles. The summed E-state index contributed by atoms with van der Waals surface area (Å²) < 4.78 is 0. The number of aliphatic hydroxyl groups is 1. The Morgan fingerprint density at radius 2 is 1.44 bits per heavy atom. The molecule has 1 aromatic rings. The number of nitrogens with zero attached hydrogens (tertiary/aromatic N) is 2. The van der Waals surface area contributed by atoms with Gasteiger partial charge in [0.2, 0.25) is 59.1 Å². The number of amides is 10. The Balaban J connectivity index is 2.07. The van der Waals surface area contributed by atoms with E-state index in [1.807, 2.05) is 0 Å². The standard InChI is InChI=1S/C42H68N14O15/c1-4-21(2)34(40(68)50-22(3)42(70)71)55-38(66)26(14-23-16-46-20-49-23)53-37(65)27(15-30(45)58)51-32(60)18-47-31(59)17-48-35(63)28(19-57)54-36(64)25(10-11-33(61)62)52-39(67)29-9-7-13-56(29)41(69)24(44)8-5-6-12-43/h16,20-22,24-29,34,57H,4-15,17-19,43-44H2,1-3H3,(H2,45,58)(H,46,49)(H,47,59)(H,48,63)(H,50,68)(H,51,60)(H,52,67)(H,53,65)(H,54,64)(H,55,66)(H,61,62)(H,70,71)/t21-,22-,24-,25-,26-,27-,28-,29-,34-/m0/s1. The zero-order chi connectivity index (χ0) is 53.4. The van der Waals surface area contributed by atoms with Crippen molar-refractivity contribution in [2.45, 2.75) is 133 Å². The van der Waals surface area contributed by atoms with Crippen molar-refractivity contribution >= 4 is 71.0 Å². The second kappa shape index (κ2) is 30.4. The van der Waals surface area contributed by atoms with E-state index in [-0.39, 0.29) is 19.4 Å². The van der Waals surface area contributed by atoms with Gasteiger partial charge in [-0.15, -0.1) is 0 Å². The number of nitrogens with two attached hydrogens (primary N) is 3. The van der Waals surface area contributed by atoms with Crippen LogP contribution in [0.4, 0.5) is 0 Å². The summed E-state index contributed by atoms with van der Waals surface area (Å²) in [6, 6.07) is -10.9. The zero-order valence-corrected chi connectivity index (χ0v) is 39.8. The van der Waals surface area contributed by atoms with Gasteiger partial charge in [-0.05, 0) is 51.5 Å². The van der Waals surface area contributed by atoms with Gasteiger partial charge in [-0.1, -0.05) is 26.7 Å². The fourth-order valence-corrected chi connectivity index (χ4v) is 7.03. The summed E-state index contributed by atoms with van der Waals surface area (Å²) in [5, 5.41) is 46.9. The summed E-state index contributed by atoms with van der Waals surface area (Å²) in [4.78, 5) is 161. The van der Waals surface area contributed by atoms with E-state index in [2.05, 4.69) is 52.5 Å². The second-order valence-corrected chi connectivity index (χ2v) is 16.9. The molecule has 18 N–H and O–H groups in total. The summed E-state index contributed by atoms with van der Waals surface area (Å²) in [6.07, 6.45) is 3.16. The van der Waals surface area contributed by atoms with Crippen molar-refractivity contribution in [3.05, 3.63) is 18.2 Å². The van der Waals surface area contributed by atoms with Crippen molar-refractivity contribution in [3.8, 4) is 0 Å². The molecule has 0 saturated carbocycles. The summed E-state index contributed by atoms with van der Waals surface area (Å²) in [5.41, 5.74) is 17.3. The number of rotatable bonds is 32. The van der Waals surface area contributed by atoms with Crippen LogP contribution in [-0.4, -0.2) is 182 Å². The van der Waals surface area contributed by atoms with Crippen molar-refractivity contribution in [1.29, 1.82) is 0 Å². The molecule has 29 heteroatoms. The number of aliphatic hydroxyl groups excluding tert-OH is 1. The van der Waals surface area contributed by atoms with E-state index in [0.717, 1.165) is 0 Å². The van der Waals surface area contributed by atoms with Gasteiger partial charge >= 0.3 is 11.9 Å². The van der Waals surface area contributed by atoms with Crippen LogP contribution in [0.25, 0.3) is 0 Å². The second-order valence-electron chi connectivity index (χ2n) is 16.9. The maximum absolute atomic E-state index is 13.7. The first-order chi connectivity index (χ1) is 33.5. The molecule has 29 nitrogen and oxygen atoms in total. The highest BCUT2D eigenvalue weighted by molar-refractivity contribution is 5.98. The molecule has 396 valence electrons. The first-order valence-electron chi connectivity index (χ1n) is 23.0. The van der Waals surface area contributed by atoms with Crippen molar-refractivity contribution in [1.82, 2.24) is 57.4 Å². The van der Waals surface area contributed by atoms with Crippen LogP contribution in [0.15, 0.2) is 12.5 Å². The van der Waals surface area contributed by atoms with Gasteiger partial charge in [-0.3, -0.25) is 57.5 Å². The minimum atomic E-state index is -1.73. The third kappa shape index (κ3) is 20.7. The zero-order valence-electron chi connectivity index (χ0n) is 39.8. The van der Waals surface area contributed by atoms with E-state index in [4.69, 9.17) is 17.2 Å². The first-order valence-corrected chi connectivity index (χ1v) is 23.0. The molecule has 2 rings (SSSR count). The van der Waals surface area contributed by atoms with Crippen LogP contribution in [0.1, 0.15) is 84.3 Å². The van der Waals surface area contributed by atoms with Gasteiger partial charge in [0.05, 0.1) is 38.5 Å². The normalized spacial score (nSPS) is 16.5. The van der Waals surface area contributed by atoms with Crippen LogP contribution in [0, 0.1) is 5.92 Å². The Morgan fingerprint density at radius 3 is 2.03 bits per heavy atom. The SMILES string of the molecule is CC[C@H](C)[C@H](NC(=O)[C@H](Cc1cnc[nH]1)NC(=O)[C@H](CC(N)=O)NC(=O)CNC(=O)CNC(=O)[C@H](CO)NC(=O)[C@H](CCC(=O)O)NC(=O)[C@@H]1CCCN1C(=O)[C@@H](N)CCCCN)C(=O)N[C@@H](C)C(=O)O. The smallest absolute Gasteiger partial charge is 0.325 e. The Labute approximate surface area is 408 Å². The number of aromatic nitrogens is 2. The molecule has 0 bridgehead atoms. The Hall–Kier alpha value is -7.27. The van der Waals surface area contributed by atoms with Crippen LogP contribution in [0.2, 0.25) is 0 Å². The maximum atomic E-state index is 13.7. The number of carbonyl (C=O) groups is 12. The van der Waals surface area contributed by atoms with Crippen LogP contribution >= 0.6 is 0 Å². The quantitative estimate of drug-likeness (QED) is 0.0298. The van der Waals surface area contributed by atoms with Crippen LogP contribution in [0.5, 0.6) is 0 Å². The molecular formula is C42H68N14O15. The van der Waals surface area contributed by atoms with Gasteiger partial charge in [0.25, 0.3) is 0 Å². The Kier molecular flexibility index (Phi) is 25.6.